The molecule has 0 aliphatic heterocycles. The molecule has 4 fully saturated rings. The van der Waals surface area contributed by atoms with E-state index >= 15 is 0 Å². The molecule has 4 aliphatic rings. The van der Waals surface area contributed by atoms with Gasteiger partial charge in [-0.3, -0.25) is 14.5 Å². The van der Waals surface area contributed by atoms with Gasteiger partial charge in [0.25, 0.3) is 5.91 Å². The Bertz CT molecular complexity index is 900. The second-order valence-electron chi connectivity index (χ2n) is 10.5. The minimum atomic E-state index is -0.200. The Balaban J connectivity index is 1.16. The Morgan fingerprint density at radius 3 is 1.85 bits per heavy atom. The van der Waals surface area contributed by atoms with E-state index in [4.69, 9.17) is 4.74 Å². The van der Waals surface area contributed by atoms with Crippen LogP contribution in [0.4, 0.5) is 11.4 Å². The first-order valence-corrected chi connectivity index (χ1v) is 12.3. The highest BCUT2D eigenvalue weighted by Crippen LogP contribution is 2.61. The first-order valence-electron chi connectivity index (χ1n) is 12.3. The van der Waals surface area contributed by atoms with Crippen LogP contribution in [0, 0.1) is 23.2 Å². The fraction of sp³-hybridized carbons (Fsp3) is 0.500. The maximum absolute atomic E-state index is 13.0. The molecule has 4 aliphatic carbocycles. The van der Waals surface area contributed by atoms with Crippen molar-refractivity contribution in [1.82, 2.24) is 5.32 Å². The highest BCUT2D eigenvalue weighted by atomic mass is 16.5. The lowest BCUT2D eigenvalue weighted by atomic mass is 9.48. The van der Waals surface area contributed by atoms with Gasteiger partial charge in [-0.25, -0.2) is 0 Å². The van der Waals surface area contributed by atoms with E-state index in [1.54, 1.807) is 4.90 Å². The van der Waals surface area contributed by atoms with Gasteiger partial charge < -0.3 is 10.1 Å². The number of amides is 2. The van der Waals surface area contributed by atoms with Crippen molar-refractivity contribution in [3.05, 3.63) is 60.7 Å². The van der Waals surface area contributed by atoms with Crippen molar-refractivity contribution in [2.75, 3.05) is 18.1 Å². The molecule has 0 aromatic heterocycles. The number of hydrogen-bond acceptors (Lipinski definition) is 3. The first kappa shape index (κ1) is 22.1. The topological polar surface area (TPSA) is 58.6 Å². The number of hydrogen-bond donors (Lipinski definition) is 1. The van der Waals surface area contributed by atoms with Crippen LogP contribution in [0.2, 0.25) is 0 Å². The predicted molar refractivity (Wildman–Crippen MR) is 129 cm³/mol. The summed E-state index contributed by atoms with van der Waals surface area (Å²) in [6.07, 6.45) is 7.94. The molecule has 5 heteroatoms. The van der Waals surface area contributed by atoms with E-state index in [1.165, 1.54) is 38.5 Å². The molecule has 174 valence electrons. The van der Waals surface area contributed by atoms with Crippen molar-refractivity contribution in [2.45, 2.75) is 51.5 Å². The number of nitrogens with zero attached hydrogens (tertiary/aromatic N) is 1. The molecule has 5 nitrogen and oxygen atoms in total. The predicted octanol–water partition coefficient (Wildman–Crippen LogP) is 5.09. The van der Waals surface area contributed by atoms with Gasteiger partial charge in [-0.05, 0) is 92.9 Å². The van der Waals surface area contributed by atoms with Gasteiger partial charge in [0.05, 0.1) is 0 Å². The van der Waals surface area contributed by atoms with Crippen LogP contribution in [-0.2, 0) is 14.3 Å². The summed E-state index contributed by atoms with van der Waals surface area (Å²) >= 11 is 0. The summed E-state index contributed by atoms with van der Waals surface area (Å²) in [4.78, 5) is 27.4. The molecule has 1 N–H and O–H groups in total. The average Bonchev–Trinajstić information content (AvgIpc) is 2.80. The van der Waals surface area contributed by atoms with Crippen molar-refractivity contribution in [2.24, 2.45) is 23.2 Å². The van der Waals surface area contributed by atoms with Gasteiger partial charge in [0.2, 0.25) is 5.91 Å². The van der Waals surface area contributed by atoms with Gasteiger partial charge in [-0.2, -0.15) is 0 Å². The van der Waals surface area contributed by atoms with E-state index in [1.807, 2.05) is 60.7 Å². The smallest absolute Gasteiger partial charge is 0.257 e. The van der Waals surface area contributed by atoms with Crippen LogP contribution < -0.4 is 10.2 Å². The summed E-state index contributed by atoms with van der Waals surface area (Å²) in [5.74, 6) is 2.23. The summed E-state index contributed by atoms with van der Waals surface area (Å²) < 4.78 is 5.60. The molecule has 2 aromatic rings. The second-order valence-corrected chi connectivity index (χ2v) is 10.5. The molecule has 1 unspecified atom stereocenters. The zero-order valence-corrected chi connectivity index (χ0v) is 19.4. The number of benzene rings is 2. The highest BCUT2D eigenvalue weighted by Gasteiger charge is 2.53. The number of anilines is 2. The lowest BCUT2D eigenvalue weighted by Crippen LogP contribution is -2.56. The molecule has 0 radical (unpaired) electrons. The van der Waals surface area contributed by atoms with E-state index in [2.05, 4.69) is 12.2 Å². The standard InChI is InChI=1S/C28H34N2O3/c1-20(28-15-21-12-22(16-28)14-23(13-21)17-28)29-26(31)18-33-19-27(32)30(24-8-4-2-5-9-24)25-10-6-3-7-11-25/h2-11,20-23H,12-19H2,1H3,(H,29,31). The van der Waals surface area contributed by atoms with E-state index in [-0.39, 0.29) is 36.5 Å². The van der Waals surface area contributed by atoms with Gasteiger partial charge >= 0.3 is 0 Å². The summed E-state index contributed by atoms with van der Waals surface area (Å²) in [6, 6.07) is 19.2. The summed E-state index contributed by atoms with van der Waals surface area (Å²) in [6.45, 7) is 1.92. The number of carbonyl (C=O) groups excluding carboxylic acids is 2. The van der Waals surface area contributed by atoms with Crippen LogP contribution in [-0.4, -0.2) is 31.1 Å². The SMILES string of the molecule is CC(NC(=O)COCC(=O)N(c1ccccc1)c1ccccc1)C12CC3CC(CC(C3)C1)C2. The Hall–Kier alpha value is -2.66. The highest BCUT2D eigenvalue weighted by molar-refractivity contribution is 6.01. The number of para-hydroxylation sites is 2. The molecule has 0 spiro atoms. The zero-order valence-electron chi connectivity index (χ0n) is 19.4. The van der Waals surface area contributed by atoms with Crippen LogP contribution in [0.5, 0.6) is 0 Å². The van der Waals surface area contributed by atoms with Gasteiger partial charge in [-0.1, -0.05) is 36.4 Å². The molecule has 4 bridgehead atoms. The number of ether oxygens (including phenoxy) is 1. The fourth-order valence-electron chi connectivity index (χ4n) is 7.03. The third-order valence-corrected chi connectivity index (χ3v) is 8.12. The van der Waals surface area contributed by atoms with Crippen molar-refractivity contribution in [1.29, 1.82) is 0 Å². The van der Waals surface area contributed by atoms with Crippen LogP contribution in [0.25, 0.3) is 0 Å². The van der Waals surface area contributed by atoms with Gasteiger partial charge in [0.1, 0.15) is 13.2 Å². The van der Waals surface area contributed by atoms with E-state index in [0.717, 1.165) is 29.1 Å². The third kappa shape index (κ3) is 4.70. The molecule has 2 amide bonds. The Morgan fingerprint density at radius 1 is 0.879 bits per heavy atom. The maximum atomic E-state index is 13.0. The molecule has 2 aromatic carbocycles. The Morgan fingerprint density at radius 2 is 1.36 bits per heavy atom. The van der Waals surface area contributed by atoms with E-state index in [0.29, 0.717) is 0 Å². The average molecular weight is 447 g/mol. The van der Waals surface area contributed by atoms with E-state index in [9.17, 15) is 9.59 Å². The van der Waals surface area contributed by atoms with Gasteiger partial charge in [-0.15, -0.1) is 0 Å². The summed E-state index contributed by atoms with van der Waals surface area (Å²) in [5.41, 5.74) is 1.81. The Kier molecular flexibility index (Phi) is 6.24. The van der Waals surface area contributed by atoms with Gasteiger partial charge in [0, 0.05) is 17.4 Å². The molecule has 4 saturated carbocycles. The lowest BCUT2D eigenvalue weighted by Gasteiger charge is -2.59. The molecule has 1 atom stereocenters. The van der Waals surface area contributed by atoms with Crippen LogP contribution in [0.3, 0.4) is 0 Å². The second kappa shape index (κ2) is 9.30. The van der Waals surface area contributed by atoms with E-state index < -0.39 is 0 Å². The van der Waals surface area contributed by atoms with Crippen molar-refractivity contribution in [3.8, 4) is 0 Å². The van der Waals surface area contributed by atoms with Crippen LogP contribution in [0.15, 0.2) is 60.7 Å². The third-order valence-electron chi connectivity index (χ3n) is 8.12. The summed E-state index contributed by atoms with van der Waals surface area (Å²) in [7, 11) is 0. The van der Waals surface area contributed by atoms with Crippen molar-refractivity contribution < 1.29 is 14.3 Å². The minimum absolute atomic E-state index is 0.0974. The molecular weight excluding hydrogens is 412 g/mol. The fourth-order valence-corrected chi connectivity index (χ4v) is 7.03. The number of nitrogens with one attached hydrogen (secondary N) is 1. The van der Waals surface area contributed by atoms with Crippen LogP contribution >= 0.6 is 0 Å². The molecular formula is C28H34N2O3. The minimum Gasteiger partial charge on any atom is -0.362 e. The summed E-state index contributed by atoms with van der Waals surface area (Å²) in [5, 5.41) is 3.21. The molecule has 0 saturated heterocycles. The largest absolute Gasteiger partial charge is 0.362 e. The molecule has 33 heavy (non-hydrogen) atoms. The maximum Gasteiger partial charge on any atom is 0.257 e. The monoisotopic (exact) mass is 446 g/mol. The lowest BCUT2D eigenvalue weighted by molar-refractivity contribution is -0.132. The van der Waals surface area contributed by atoms with Crippen molar-refractivity contribution in [3.63, 3.8) is 0 Å². The van der Waals surface area contributed by atoms with Gasteiger partial charge in [0.15, 0.2) is 0 Å². The van der Waals surface area contributed by atoms with Crippen LogP contribution in [0.1, 0.15) is 45.4 Å². The molecule has 6 rings (SSSR count). The quantitative estimate of drug-likeness (QED) is 0.615. The Labute approximate surface area is 196 Å². The number of carbonyl (C=O) groups is 2. The number of rotatable bonds is 8. The zero-order chi connectivity index (χ0) is 22.8. The normalized spacial score (nSPS) is 28.3. The first-order chi connectivity index (χ1) is 16.0. The van der Waals surface area contributed by atoms with Crippen molar-refractivity contribution >= 4 is 23.2 Å². The molecule has 0 heterocycles.